The molecule has 1 aliphatic rings. The highest BCUT2D eigenvalue weighted by molar-refractivity contribution is 7.92. The molecule has 0 spiro atoms. The number of benzene rings is 1. The molecule has 0 bridgehead atoms. The molecule has 1 fully saturated rings. The smallest absolute Gasteiger partial charge is 0.223 e. The van der Waals surface area contributed by atoms with Crippen molar-refractivity contribution in [2.24, 2.45) is 5.92 Å². The lowest BCUT2D eigenvalue weighted by atomic mass is 9.85. The van der Waals surface area contributed by atoms with E-state index in [0.717, 1.165) is 31.2 Å². The molecule has 0 heterocycles. The Kier molecular flexibility index (Phi) is 5.04. The molecular weight excluding hydrogens is 286 g/mol. The van der Waals surface area contributed by atoms with Crippen molar-refractivity contribution in [3.8, 4) is 0 Å². The van der Waals surface area contributed by atoms with Gasteiger partial charge in [0.15, 0.2) is 9.84 Å². The summed E-state index contributed by atoms with van der Waals surface area (Å²) in [6.45, 7) is 3.96. The highest BCUT2D eigenvalue weighted by Crippen LogP contribution is 2.26. The quantitative estimate of drug-likeness (QED) is 0.877. The van der Waals surface area contributed by atoms with Crippen molar-refractivity contribution in [3.63, 3.8) is 0 Å². The van der Waals surface area contributed by atoms with E-state index in [1.807, 2.05) is 12.1 Å². The van der Waals surface area contributed by atoms with E-state index < -0.39 is 15.1 Å². The summed E-state index contributed by atoms with van der Waals surface area (Å²) in [5, 5.41) is 2.53. The van der Waals surface area contributed by atoms with E-state index in [2.05, 4.69) is 5.32 Å². The van der Waals surface area contributed by atoms with Crippen LogP contribution in [0.5, 0.6) is 0 Å². The van der Waals surface area contributed by atoms with Crippen LogP contribution >= 0.6 is 0 Å². The molecule has 2 rings (SSSR count). The minimum Gasteiger partial charge on any atom is -0.356 e. The Morgan fingerprint density at radius 2 is 1.86 bits per heavy atom. The zero-order valence-corrected chi connectivity index (χ0v) is 13.4. The zero-order valence-electron chi connectivity index (χ0n) is 12.6. The lowest BCUT2D eigenvalue weighted by Gasteiger charge is -2.24. The monoisotopic (exact) mass is 309 g/mol. The van der Waals surface area contributed by atoms with E-state index in [4.69, 9.17) is 0 Å². The molecule has 4 nitrogen and oxygen atoms in total. The number of nitrogens with one attached hydrogen (secondary N) is 1. The second kappa shape index (κ2) is 6.60. The van der Waals surface area contributed by atoms with Gasteiger partial charge in [0.05, 0.1) is 10.1 Å². The van der Waals surface area contributed by atoms with Crippen LogP contribution in [-0.4, -0.2) is 26.1 Å². The maximum absolute atomic E-state index is 12.0. The highest BCUT2D eigenvalue weighted by atomic mass is 32.2. The molecule has 1 aromatic carbocycles. The van der Waals surface area contributed by atoms with Crippen molar-refractivity contribution in [3.05, 3.63) is 29.8 Å². The van der Waals surface area contributed by atoms with Gasteiger partial charge >= 0.3 is 0 Å². The predicted molar refractivity (Wildman–Crippen MR) is 82.8 cm³/mol. The molecule has 21 heavy (non-hydrogen) atoms. The van der Waals surface area contributed by atoms with Gasteiger partial charge in [0.1, 0.15) is 0 Å². The van der Waals surface area contributed by atoms with Crippen LogP contribution in [0.15, 0.2) is 29.2 Å². The third-order valence-corrected chi connectivity index (χ3v) is 6.23. The normalized spacial score (nSPS) is 15.8. The van der Waals surface area contributed by atoms with E-state index in [-0.39, 0.29) is 11.8 Å². The SMILES string of the molecule is CC(C)S(=O)(=O)c1ccc(CCNC(=O)C2CCC2)cc1. The number of hydrogen-bond acceptors (Lipinski definition) is 3. The van der Waals surface area contributed by atoms with Gasteiger partial charge < -0.3 is 5.32 Å². The Balaban J connectivity index is 1.86. The molecule has 1 amide bonds. The number of rotatable bonds is 6. The molecule has 0 aliphatic heterocycles. The maximum atomic E-state index is 12.0. The second-order valence-corrected chi connectivity index (χ2v) is 8.41. The van der Waals surface area contributed by atoms with Crippen molar-refractivity contribution >= 4 is 15.7 Å². The van der Waals surface area contributed by atoms with Crippen molar-refractivity contribution in [1.82, 2.24) is 5.32 Å². The van der Waals surface area contributed by atoms with Gasteiger partial charge in [0, 0.05) is 12.5 Å². The molecule has 0 radical (unpaired) electrons. The molecule has 0 unspecified atom stereocenters. The van der Waals surface area contributed by atoms with Crippen LogP contribution in [0.4, 0.5) is 0 Å². The first-order valence-electron chi connectivity index (χ1n) is 7.52. The lowest BCUT2D eigenvalue weighted by molar-refractivity contribution is -0.127. The van der Waals surface area contributed by atoms with Crippen molar-refractivity contribution < 1.29 is 13.2 Å². The van der Waals surface area contributed by atoms with Gasteiger partial charge in [-0.25, -0.2) is 8.42 Å². The zero-order chi connectivity index (χ0) is 15.5. The van der Waals surface area contributed by atoms with Crippen LogP contribution in [-0.2, 0) is 21.1 Å². The number of carbonyl (C=O) groups is 1. The minimum atomic E-state index is -3.20. The van der Waals surface area contributed by atoms with Crippen LogP contribution in [0.25, 0.3) is 0 Å². The van der Waals surface area contributed by atoms with Gasteiger partial charge in [-0.1, -0.05) is 18.6 Å². The molecule has 1 N–H and O–H groups in total. The Bertz CT molecular complexity index is 586. The Hall–Kier alpha value is -1.36. The van der Waals surface area contributed by atoms with Crippen LogP contribution in [0.3, 0.4) is 0 Å². The first-order chi connectivity index (χ1) is 9.91. The molecule has 0 atom stereocenters. The van der Waals surface area contributed by atoms with Crippen molar-refractivity contribution in [2.75, 3.05) is 6.54 Å². The third kappa shape index (κ3) is 3.84. The van der Waals surface area contributed by atoms with Crippen molar-refractivity contribution in [2.45, 2.75) is 49.7 Å². The summed E-state index contributed by atoms with van der Waals surface area (Å²) in [6.07, 6.45) is 3.89. The van der Waals surface area contributed by atoms with Gasteiger partial charge in [-0.3, -0.25) is 4.79 Å². The Labute approximate surface area is 126 Å². The van der Waals surface area contributed by atoms with Crippen LogP contribution in [0, 0.1) is 5.92 Å². The Morgan fingerprint density at radius 1 is 1.24 bits per heavy atom. The lowest BCUT2D eigenvalue weighted by Crippen LogP contribution is -2.35. The third-order valence-electron chi connectivity index (χ3n) is 4.06. The number of sulfone groups is 1. The van der Waals surface area contributed by atoms with Gasteiger partial charge in [0.25, 0.3) is 0 Å². The summed E-state index contributed by atoms with van der Waals surface area (Å²) in [4.78, 5) is 12.0. The van der Waals surface area contributed by atoms with Gasteiger partial charge in [-0.2, -0.15) is 0 Å². The van der Waals surface area contributed by atoms with Gasteiger partial charge in [-0.15, -0.1) is 0 Å². The number of hydrogen-bond donors (Lipinski definition) is 1. The molecule has 1 aliphatic carbocycles. The first kappa shape index (κ1) is 16.0. The minimum absolute atomic E-state index is 0.153. The number of amides is 1. The number of carbonyl (C=O) groups excluding carboxylic acids is 1. The van der Waals surface area contributed by atoms with Crippen LogP contribution in [0.2, 0.25) is 0 Å². The first-order valence-corrected chi connectivity index (χ1v) is 9.06. The molecule has 0 aromatic heterocycles. The van der Waals surface area contributed by atoms with Crippen LogP contribution < -0.4 is 5.32 Å². The van der Waals surface area contributed by atoms with E-state index in [1.54, 1.807) is 26.0 Å². The summed E-state index contributed by atoms with van der Waals surface area (Å²) >= 11 is 0. The molecule has 1 aromatic rings. The predicted octanol–water partition coefficient (Wildman–Crippen LogP) is 2.33. The largest absolute Gasteiger partial charge is 0.356 e. The van der Waals surface area contributed by atoms with E-state index in [0.29, 0.717) is 11.4 Å². The molecule has 1 saturated carbocycles. The summed E-state index contributed by atoms with van der Waals surface area (Å²) < 4.78 is 24.0. The van der Waals surface area contributed by atoms with E-state index in [1.165, 1.54) is 0 Å². The summed E-state index contributed by atoms with van der Waals surface area (Å²) in [7, 11) is -3.20. The van der Waals surface area contributed by atoms with Crippen molar-refractivity contribution in [1.29, 1.82) is 0 Å². The maximum Gasteiger partial charge on any atom is 0.223 e. The topological polar surface area (TPSA) is 63.2 Å². The van der Waals surface area contributed by atoms with E-state index in [9.17, 15) is 13.2 Å². The summed E-state index contributed by atoms with van der Waals surface area (Å²) in [5.41, 5.74) is 1.03. The fraction of sp³-hybridized carbons (Fsp3) is 0.562. The average molecular weight is 309 g/mol. The highest BCUT2D eigenvalue weighted by Gasteiger charge is 2.24. The fourth-order valence-corrected chi connectivity index (χ4v) is 3.32. The standard InChI is InChI=1S/C16H23NO3S/c1-12(2)21(19,20)15-8-6-13(7-9-15)10-11-17-16(18)14-4-3-5-14/h6-9,12,14H,3-5,10-11H2,1-2H3,(H,17,18). The van der Waals surface area contributed by atoms with E-state index >= 15 is 0 Å². The summed E-state index contributed by atoms with van der Waals surface area (Å²) in [5.74, 6) is 0.365. The van der Waals surface area contributed by atoms with Gasteiger partial charge in [-0.05, 0) is 50.8 Å². The van der Waals surface area contributed by atoms with Gasteiger partial charge in [0.2, 0.25) is 5.91 Å². The molecule has 116 valence electrons. The second-order valence-electron chi connectivity index (χ2n) is 5.91. The molecular formula is C16H23NO3S. The molecule has 5 heteroatoms. The summed E-state index contributed by atoms with van der Waals surface area (Å²) in [6, 6.07) is 6.95. The Morgan fingerprint density at radius 3 is 2.33 bits per heavy atom. The average Bonchev–Trinajstić information content (AvgIpc) is 2.37. The molecule has 0 saturated heterocycles. The van der Waals surface area contributed by atoms with Crippen LogP contribution in [0.1, 0.15) is 38.7 Å². The fourth-order valence-electron chi connectivity index (χ4n) is 2.26.